The predicted molar refractivity (Wildman–Crippen MR) is 158 cm³/mol. The molecule has 216 valence electrons. The Morgan fingerprint density at radius 3 is 2.44 bits per heavy atom. The topological polar surface area (TPSA) is 87.7 Å². The lowest BCUT2D eigenvalue weighted by Gasteiger charge is -2.36. The minimum atomic E-state index is -1.19. The molecule has 8 heteroatoms. The van der Waals surface area contributed by atoms with Gasteiger partial charge in [-0.3, -0.25) is 14.4 Å². The summed E-state index contributed by atoms with van der Waals surface area (Å²) in [4.78, 5) is 43.7. The Morgan fingerprint density at radius 1 is 1.05 bits per heavy atom. The molecule has 0 aromatic heterocycles. The Kier molecular flexibility index (Phi) is 7.45. The van der Waals surface area contributed by atoms with Gasteiger partial charge in [-0.05, 0) is 60.1 Å². The lowest BCUT2D eigenvalue weighted by Crippen LogP contribution is -2.57. The van der Waals surface area contributed by atoms with Crippen LogP contribution >= 0.6 is 11.6 Å². The van der Waals surface area contributed by atoms with E-state index in [0.717, 1.165) is 31.2 Å². The van der Waals surface area contributed by atoms with E-state index in [-0.39, 0.29) is 30.3 Å². The van der Waals surface area contributed by atoms with Crippen molar-refractivity contribution in [3.05, 3.63) is 76.8 Å². The number of hydrogen-bond donors (Lipinski definition) is 2. The molecule has 2 saturated heterocycles. The van der Waals surface area contributed by atoms with Crippen molar-refractivity contribution in [2.75, 3.05) is 5.32 Å². The summed E-state index contributed by atoms with van der Waals surface area (Å²) < 4.78 is 6.50. The molecular formula is C33H38ClN3O4. The van der Waals surface area contributed by atoms with Gasteiger partial charge in [-0.2, -0.15) is 0 Å². The van der Waals surface area contributed by atoms with Gasteiger partial charge in [-0.25, -0.2) is 0 Å². The zero-order valence-electron chi connectivity index (χ0n) is 23.8. The molecule has 2 aromatic carbocycles. The first-order chi connectivity index (χ1) is 19.7. The number of benzene rings is 2. The third kappa shape index (κ3) is 4.97. The first-order valence-electron chi connectivity index (χ1n) is 14.8. The van der Waals surface area contributed by atoms with Gasteiger partial charge < -0.3 is 20.3 Å². The van der Waals surface area contributed by atoms with Gasteiger partial charge in [0.2, 0.25) is 17.7 Å². The SMILES string of the molecule is CC(C)c1ccc(NC(=O)C2[C@@H]3C=CC4(O3)C(C(=O)NC3CCCCC3C)N(Cc3ccc(Cl)cc3)C(=O)[C@H]24)cc1. The average Bonchev–Trinajstić information content (AvgIpc) is 3.59. The number of rotatable bonds is 7. The monoisotopic (exact) mass is 575 g/mol. The van der Waals surface area contributed by atoms with Crippen molar-refractivity contribution in [2.24, 2.45) is 17.8 Å². The van der Waals surface area contributed by atoms with E-state index in [9.17, 15) is 14.4 Å². The van der Waals surface area contributed by atoms with Crippen LogP contribution in [-0.4, -0.2) is 46.4 Å². The first kappa shape index (κ1) is 28.0. The highest BCUT2D eigenvalue weighted by molar-refractivity contribution is 6.30. The highest BCUT2D eigenvalue weighted by Gasteiger charge is 2.72. The number of nitrogens with one attached hydrogen (secondary N) is 2. The van der Waals surface area contributed by atoms with E-state index in [1.807, 2.05) is 48.6 Å². The van der Waals surface area contributed by atoms with Crippen LogP contribution in [0.3, 0.4) is 0 Å². The van der Waals surface area contributed by atoms with E-state index in [4.69, 9.17) is 16.3 Å². The highest BCUT2D eigenvalue weighted by atomic mass is 35.5. The van der Waals surface area contributed by atoms with Crippen LogP contribution < -0.4 is 10.6 Å². The number of fused-ring (bicyclic) bond motifs is 1. The van der Waals surface area contributed by atoms with Gasteiger partial charge in [0.05, 0.1) is 17.9 Å². The van der Waals surface area contributed by atoms with E-state index in [0.29, 0.717) is 22.5 Å². The first-order valence-corrected chi connectivity index (χ1v) is 15.2. The van der Waals surface area contributed by atoms with Gasteiger partial charge in [0, 0.05) is 23.3 Å². The largest absolute Gasteiger partial charge is 0.359 e. The van der Waals surface area contributed by atoms with Crippen molar-refractivity contribution in [3.8, 4) is 0 Å². The molecule has 7 atom stereocenters. The summed E-state index contributed by atoms with van der Waals surface area (Å²) in [6, 6.07) is 14.2. The molecule has 1 spiro atoms. The molecule has 7 nitrogen and oxygen atoms in total. The molecule has 3 amide bonds. The number of likely N-dealkylation sites (tertiary alicyclic amines) is 1. The van der Waals surface area contributed by atoms with Crippen molar-refractivity contribution in [2.45, 2.75) is 82.7 Å². The van der Waals surface area contributed by atoms with E-state index >= 15 is 0 Å². The van der Waals surface area contributed by atoms with Crippen LogP contribution in [0.2, 0.25) is 5.02 Å². The van der Waals surface area contributed by atoms with Crippen molar-refractivity contribution in [1.29, 1.82) is 0 Å². The second kappa shape index (κ2) is 10.9. The molecule has 2 N–H and O–H groups in total. The Bertz CT molecular complexity index is 1360. The zero-order chi connectivity index (χ0) is 28.9. The highest BCUT2D eigenvalue weighted by Crippen LogP contribution is 2.55. The molecule has 3 fully saturated rings. The summed E-state index contributed by atoms with van der Waals surface area (Å²) in [6.07, 6.45) is 7.36. The maximum Gasteiger partial charge on any atom is 0.246 e. The van der Waals surface area contributed by atoms with Gasteiger partial charge in [-0.1, -0.05) is 81.6 Å². The smallest absolute Gasteiger partial charge is 0.246 e. The van der Waals surface area contributed by atoms with Crippen LogP contribution in [0.25, 0.3) is 0 Å². The van der Waals surface area contributed by atoms with Crippen LogP contribution in [-0.2, 0) is 25.7 Å². The molecule has 3 heterocycles. The van der Waals surface area contributed by atoms with E-state index in [1.54, 1.807) is 17.0 Å². The van der Waals surface area contributed by atoms with Gasteiger partial charge in [-0.15, -0.1) is 0 Å². The average molecular weight is 576 g/mol. The Balaban J connectivity index is 1.30. The number of halogens is 1. The van der Waals surface area contributed by atoms with Crippen molar-refractivity contribution < 1.29 is 19.1 Å². The number of nitrogens with zero attached hydrogens (tertiary/aromatic N) is 1. The molecule has 4 aliphatic rings. The molecule has 0 radical (unpaired) electrons. The summed E-state index contributed by atoms with van der Waals surface area (Å²) in [7, 11) is 0. The third-order valence-corrected chi connectivity index (χ3v) is 9.73. The summed E-state index contributed by atoms with van der Waals surface area (Å²) in [5, 5.41) is 6.89. The maximum atomic E-state index is 14.2. The molecule has 6 rings (SSSR count). The second-order valence-corrected chi connectivity index (χ2v) is 12.9. The Hall–Kier alpha value is -3.16. The van der Waals surface area contributed by atoms with Crippen LogP contribution in [0.15, 0.2) is 60.7 Å². The molecular weight excluding hydrogens is 538 g/mol. The zero-order valence-corrected chi connectivity index (χ0v) is 24.6. The quantitative estimate of drug-likeness (QED) is 0.430. The molecule has 41 heavy (non-hydrogen) atoms. The van der Waals surface area contributed by atoms with Crippen molar-refractivity contribution >= 4 is 35.0 Å². The number of amides is 3. The van der Waals surface area contributed by atoms with Gasteiger partial charge in [0.15, 0.2) is 0 Å². The van der Waals surface area contributed by atoms with Crippen molar-refractivity contribution in [3.63, 3.8) is 0 Å². The van der Waals surface area contributed by atoms with Crippen LogP contribution in [0.4, 0.5) is 5.69 Å². The lowest BCUT2D eigenvalue weighted by atomic mass is 9.74. The summed E-state index contributed by atoms with van der Waals surface area (Å²) >= 11 is 6.11. The number of carbonyl (C=O) groups excluding carboxylic acids is 3. The van der Waals surface area contributed by atoms with Crippen LogP contribution in [0.1, 0.15) is 63.5 Å². The minimum Gasteiger partial charge on any atom is -0.359 e. The summed E-state index contributed by atoms with van der Waals surface area (Å²) in [6.45, 7) is 6.63. The molecule has 5 unspecified atom stereocenters. The number of ether oxygens (including phenoxy) is 1. The normalized spacial score (nSPS) is 31.9. The molecule has 1 saturated carbocycles. The predicted octanol–water partition coefficient (Wildman–Crippen LogP) is 5.45. The fourth-order valence-corrected chi connectivity index (χ4v) is 7.32. The van der Waals surface area contributed by atoms with E-state index < -0.39 is 29.6 Å². The van der Waals surface area contributed by atoms with Crippen molar-refractivity contribution in [1.82, 2.24) is 10.2 Å². The maximum absolute atomic E-state index is 14.2. The van der Waals surface area contributed by atoms with Gasteiger partial charge in [0.25, 0.3) is 0 Å². The molecule has 2 bridgehead atoms. The van der Waals surface area contributed by atoms with E-state index in [1.165, 1.54) is 5.56 Å². The third-order valence-electron chi connectivity index (χ3n) is 9.48. The summed E-state index contributed by atoms with van der Waals surface area (Å²) in [5.41, 5.74) is 1.51. The number of hydrogen-bond acceptors (Lipinski definition) is 4. The number of carbonyl (C=O) groups is 3. The van der Waals surface area contributed by atoms with Crippen LogP contribution in [0.5, 0.6) is 0 Å². The minimum absolute atomic E-state index is 0.0506. The number of anilines is 1. The second-order valence-electron chi connectivity index (χ2n) is 12.4. The molecule has 1 aliphatic carbocycles. The lowest BCUT2D eigenvalue weighted by molar-refractivity contribution is -0.142. The Morgan fingerprint density at radius 2 is 1.76 bits per heavy atom. The Labute approximate surface area is 246 Å². The fraction of sp³-hybridized carbons (Fsp3) is 0.485. The standard InChI is InChI=1S/C33H38ClN3O4/c1-19(2)22-10-14-24(15-11-22)35-30(38)27-26-16-17-33(41-26)28(27)32(40)37(18-21-8-12-23(34)13-9-21)29(33)31(39)36-25-7-5-4-6-20(25)3/h8-17,19-20,25-29H,4-7,18H2,1-3H3,(H,35,38)(H,36,39)/t20?,25?,26-,27?,28-,29?,33?/m0/s1. The van der Waals surface area contributed by atoms with E-state index in [2.05, 4.69) is 31.4 Å². The van der Waals surface area contributed by atoms with Gasteiger partial charge >= 0.3 is 0 Å². The summed E-state index contributed by atoms with van der Waals surface area (Å²) in [5.74, 6) is -1.52. The van der Waals surface area contributed by atoms with Crippen LogP contribution in [0, 0.1) is 17.8 Å². The fourth-order valence-electron chi connectivity index (χ4n) is 7.19. The molecule has 2 aromatic rings. The van der Waals surface area contributed by atoms with Gasteiger partial charge in [0.1, 0.15) is 11.6 Å². The molecule has 3 aliphatic heterocycles.